The van der Waals surface area contributed by atoms with Crippen LogP contribution in [-0.2, 0) is 17.8 Å². The molecule has 0 unspecified atom stereocenters. The molecular formula is C19H17ClN6O. The summed E-state index contributed by atoms with van der Waals surface area (Å²) in [4.78, 5) is 12.5. The van der Waals surface area contributed by atoms with E-state index in [4.69, 9.17) is 11.6 Å². The molecule has 1 aromatic carbocycles. The minimum Gasteiger partial charge on any atom is -0.348 e. The number of hydrogen-bond donors (Lipinski definition) is 2. The summed E-state index contributed by atoms with van der Waals surface area (Å²) >= 11 is 5.95. The highest BCUT2D eigenvalue weighted by atomic mass is 35.5. The number of nitrogens with one attached hydrogen (secondary N) is 2. The van der Waals surface area contributed by atoms with Crippen LogP contribution in [0.4, 0.5) is 0 Å². The molecule has 8 heteroatoms. The number of fused-ring (bicyclic) bond motifs is 1. The zero-order valence-electron chi connectivity index (χ0n) is 14.6. The zero-order valence-corrected chi connectivity index (χ0v) is 15.4. The van der Waals surface area contributed by atoms with E-state index in [0.29, 0.717) is 17.4 Å². The summed E-state index contributed by atoms with van der Waals surface area (Å²) in [6.45, 7) is 2.21. The minimum atomic E-state index is -0.109. The first-order valence-electron chi connectivity index (χ1n) is 8.47. The van der Waals surface area contributed by atoms with Crippen LogP contribution < -0.4 is 5.32 Å². The third kappa shape index (κ3) is 3.54. The Bertz CT molecular complexity index is 1100. The van der Waals surface area contributed by atoms with Crippen LogP contribution in [0.15, 0.2) is 48.7 Å². The molecule has 4 rings (SSSR count). The molecule has 3 aromatic heterocycles. The molecule has 0 radical (unpaired) electrons. The number of carbonyl (C=O) groups is 1. The van der Waals surface area contributed by atoms with E-state index in [-0.39, 0.29) is 12.3 Å². The Hall–Kier alpha value is -3.19. The maximum atomic E-state index is 12.5. The lowest BCUT2D eigenvalue weighted by atomic mass is 10.0. The van der Waals surface area contributed by atoms with Crippen LogP contribution >= 0.6 is 11.6 Å². The average molecular weight is 381 g/mol. The molecule has 4 aromatic rings. The van der Waals surface area contributed by atoms with Gasteiger partial charge in [-0.15, -0.1) is 10.2 Å². The van der Waals surface area contributed by atoms with Crippen molar-refractivity contribution in [3.63, 3.8) is 0 Å². The van der Waals surface area contributed by atoms with Gasteiger partial charge in [-0.3, -0.25) is 14.3 Å². The summed E-state index contributed by atoms with van der Waals surface area (Å²) in [6.07, 6.45) is 2.09. The maximum Gasteiger partial charge on any atom is 0.224 e. The number of halogens is 1. The molecule has 0 aliphatic carbocycles. The zero-order chi connectivity index (χ0) is 18.8. The van der Waals surface area contributed by atoms with E-state index in [1.807, 2.05) is 47.9 Å². The van der Waals surface area contributed by atoms with Gasteiger partial charge in [0.2, 0.25) is 5.91 Å². The molecule has 27 heavy (non-hydrogen) atoms. The Labute approximate surface area is 160 Å². The summed E-state index contributed by atoms with van der Waals surface area (Å²) < 4.78 is 1.85. The summed E-state index contributed by atoms with van der Waals surface area (Å²) in [5.41, 5.74) is 4.14. The van der Waals surface area contributed by atoms with Crippen molar-refractivity contribution in [2.45, 2.75) is 19.9 Å². The van der Waals surface area contributed by atoms with E-state index in [1.165, 1.54) is 0 Å². The highest BCUT2D eigenvalue weighted by Crippen LogP contribution is 2.25. The first-order valence-corrected chi connectivity index (χ1v) is 8.85. The molecule has 136 valence electrons. The number of aryl methyl sites for hydroxylation is 1. The van der Waals surface area contributed by atoms with E-state index in [9.17, 15) is 4.79 Å². The van der Waals surface area contributed by atoms with Gasteiger partial charge >= 0.3 is 0 Å². The Morgan fingerprint density at radius 2 is 2.00 bits per heavy atom. The van der Waals surface area contributed by atoms with Crippen molar-refractivity contribution < 1.29 is 4.79 Å². The van der Waals surface area contributed by atoms with Crippen LogP contribution in [0.5, 0.6) is 0 Å². The molecule has 0 saturated heterocycles. The molecule has 0 fully saturated rings. The van der Waals surface area contributed by atoms with E-state index in [1.54, 1.807) is 12.1 Å². The van der Waals surface area contributed by atoms with Gasteiger partial charge in [-0.1, -0.05) is 29.8 Å². The molecular weight excluding hydrogens is 364 g/mol. The highest BCUT2D eigenvalue weighted by Gasteiger charge is 2.16. The number of hydrogen-bond acceptors (Lipinski definition) is 4. The number of carbonyl (C=O) groups excluding carboxylic acids is 1. The quantitative estimate of drug-likeness (QED) is 0.557. The fourth-order valence-corrected chi connectivity index (χ4v) is 3.05. The highest BCUT2D eigenvalue weighted by molar-refractivity contribution is 6.30. The lowest BCUT2D eigenvalue weighted by molar-refractivity contribution is -0.120. The van der Waals surface area contributed by atoms with Crippen LogP contribution in [0.1, 0.15) is 17.1 Å². The number of amides is 1. The van der Waals surface area contributed by atoms with E-state index in [2.05, 4.69) is 25.7 Å². The second-order valence-corrected chi connectivity index (χ2v) is 6.62. The van der Waals surface area contributed by atoms with Gasteiger partial charge in [0.25, 0.3) is 0 Å². The molecule has 3 heterocycles. The Morgan fingerprint density at radius 1 is 1.19 bits per heavy atom. The second kappa shape index (κ2) is 7.20. The van der Waals surface area contributed by atoms with Crippen LogP contribution in [0, 0.1) is 6.92 Å². The van der Waals surface area contributed by atoms with Gasteiger partial charge < -0.3 is 5.32 Å². The van der Waals surface area contributed by atoms with Crippen molar-refractivity contribution in [3.8, 4) is 11.3 Å². The predicted molar refractivity (Wildman–Crippen MR) is 102 cm³/mol. The third-order valence-corrected chi connectivity index (χ3v) is 4.61. The van der Waals surface area contributed by atoms with Crippen LogP contribution in [0.3, 0.4) is 0 Å². The van der Waals surface area contributed by atoms with E-state index in [0.717, 1.165) is 28.2 Å². The predicted octanol–water partition coefficient (Wildman–Crippen LogP) is 2.94. The Kier molecular flexibility index (Phi) is 4.60. The molecule has 0 aliphatic heterocycles. The smallest absolute Gasteiger partial charge is 0.224 e. The number of pyridine rings is 1. The van der Waals surface area contributed by atoms with Crippen molar-refractivity contribution in [1.82, 2.24) is 30.1 Å². The summed E-state index contributed by atoms with van der Waals surface area (Å²) in [7, 11) is 0. The SMILES string of the molecule is Cc1[nH]nc(-c2ccc(Cl)cc2)c1CC(=O)NCc1nnc2ccccn12. The average Bonchev–Trinajstić information content (AvgIpc) is 3.25. The Morgan fingerprint density at radius 3 is 2.81 bits per heavy atom. The van der Waals surface area contributed by atoms with Crippen molar-refractivity contribution >= 4 is 23.2 Å². The number of aromatic nitrogens is 5. The first kappa shape index (κ1) is 17.2. The standard InChI is InChI=1S/C19H17ClN6O/c1-12-15(19(25-22-12)13-5-7-14(20)8-6-13)10-18(27)21-11-17-24-23-16-4-2-3-9-26(16)17/h2-9H,10-11H2,1H3,(H,21,27)(H,22,25). The van der Waals surface area contributed by atoms with Gasteiger partial charge in [0.05, 0.1) is 18.7 Å². The number of benzene rings is 1. The van der Waals surface area contributed by atoms with E-state index >= 15 is 0 Å². The number of H-pyrrole nitrogens is 1. The van der Waals surface area contributed by atoms with Gasteiger partial charge in [0, 0.05) is 28.0 Å². The molecule has 0 aliphatic rings. The van der Waals surface area contributed by atoms with Crippen LogP contribution in [-0.4, -0.2) is 30.7 Å². The summed E-state index contributed by atoms with van der Waals surface area (Å²) in [6, 6.07) is 13.1. The summed E-state index contributed by atoms with van der Waals surface area (Å²) in [5.74, 6) is 0.572. The van der Waals surface area contributed by atoms with Crippen molar-refractivity contribution in [1.29, 1.82) is 0 Å². The minimum absolute atomic E-state index is 0.109. The fourth-order valence-electron chi connectivity index (χ4n) is 2.93. The molecule has 0 spiro atoms. The normalized spacial score (nSPS) is 11.0. The molecule has 1 amide bonds. The van der Waals surface area contributed by atoms with Crippen molar-refractivity contribution in [2.75, 3.05) is 0 Å². The van der Waals surface area contributed by atoms with Crippen LogP contribution in [0.25, 0.3) is 16.9 Å². The second-order valence-electron chi connectivity index (χ2n) is 6.18. The van der Waals surface area contributed by atoms with Crippen molar-refractivity contribution in [3.05, 3.63) is 70.8 Å². The van der Waals surface area contributed by atoms with Gasteiger partial charge in [-0.05, 0) is 31.2 Å². The number of rotatable bonds is 5. The van der Waals surface area contributed by atoms with Gasteiger partial charge in [-0.2, -0.15) is 5.10 Å². The molecule has 7 nitrogen and oxygen atoms in total. The molecule has 2 N–H and O–H groups in total. The van der Waals surface area contributed by atoms with Gasteiger partial charge in [0.1, 0.15) is 0 Å². The largest absolute Gasteiger partial charge is 0.348 e. The van der Waals surface area contributed by atoms with Gasteiger partial charge in [-0.25, -0.2) is 0 Å². The molecule has 0 atom stereocenters. The Balaban J connectivity index is 1.48. The number of aromatic amines is 1. The lowest BCUT2D eigenvalue weighted by Gasteiger charge is -2.06. The molecule has 0 bridgehead atoms. The fraction of sp³-hybridized carbons (Fsp3) is 0.158. The first-order chi connectivity index (χ1) is 13.1. The van der Waals surface area contributed by atoms with Gasteiger partial charge in [0.15, 0.2) is 11.5 Å². The van der Waals surface area contributed by atoms with Crippen LogP contribution in [0.2, 0.25) is 5.02 Å². The topological polar surface area (TPSA) is 88.0 Å². The third-order valence-electron chi connectivity index (χ3n) is 4.36. The van der Waals surface area contributed by atoms with E-state index < -0.39 is 0 Å². The maximum absolute atomic E-state index is 12.5. The monoisotopic (exact) mass is 380 g/mol. The number of nitrogens with zero attached hydrogens (tertiary/aromatic N) is 4. The summed E-state index contributed by atoms with van der Waals surface area (Å²) in [5, 5.41) is 19.1. The molecule has 0 saturated carbocycles. The lowest BCUT2D eigenvalue weighted by Crippen LogP contribution is -2.26. The van der Waals surface area contributed by atoms with Crippen molar-refractivity contribution in [2.24, 2.45) is 0 Å².